The lowest BCUT2D eigenvalue weighted by Gasteiger charge is -2.01. The molecule has 0 saturated heterocycles. The number of carbonyl (C=O) groups excluding carboxylic acids is 1. The zero-order valence-corrected chi connectivity index (χ0v) is 10.8. The Balaban J connectivity index is 2.52. The molecule has 0 fully saturated rings. The van der Waals surface area contributed by atoms with Gasteiger partial charge in [0.1, 0.15) is 0 Å². The molecule has 0 radical (unpaired) electrons. The van der Waals surface area contributed by atoms with Crippen molar-refractivity contribution in [2.24, 2.45) is 12.2 Å². The summed E-state index contributed by atoms with van der Waals surface area (Å²) < 4.78 is 2.05. The summed E-state index contributed by atoms with van der Waals surface area (Å²) in [6.45, 7) is 3.34. The Bertz CT molecular complexity index is 611. The standard InChI is InChI=1S/C14H16N2O2/c1-4-13(15-18-10(2)17)12-9-16(3)14-8-6-5-7-11(12)14/h5-9H,4H2,1-3H3/b15-13+. The van der Waals surface area contributed by atoms with Crippen LogP contribution in [0, 0.1) is 0 Å². The van der Waals surface area contributed by atoms with Crippen molar-refractivity contribution in [2.45, 2.75) is 20.3 Å². The number of para-hydroxylation sites is 1. The smallest absolute Gasteiger partial charge is 0.331 e. The van der Waals surface area contributed by atoms with Crippen molar-refractivity contribution in [1.82, 2.24) is 4.57 Å². The lowest BCUT2D eigenvalue weighted by Crippen LogP contribution is -2.02. The van der Waals surface area contributed by atoms with Gasteiger partial charge in [0.05, 0.1) is 5.71 Å². The zero-order chi connectivity index (χ0) is 13.1. The number of nitrogens with zero attached hydrogens (tertiary/aromatic N) is 2. The van der Waals surface area contributed by atoms with Crippen LogP contribution >= 0.6 is 0 Å². The van der Waals surface area contributed by atoms with Crippen LogP contribution in [-0.4, -0.2) is 16.2 Å². The van der Waals surface area contributed by atoms with E-state index < -0.39 is 5.97 Å². The Hall–Kier alpha value is -2.10. The Morgan fingerprint density at radius 2 is 2.11 bits per heavy atom. The van der Waals surface area contributed by atoms with Crippen molar-refractivity contribution in [3.05, 3.63) is 36.0 Å². The average Bonchev–Trinajstić information content (AvgIpc) is 2.68. The van der Waals surface area contributed by atoms with Crippen LogP contribution in [0.25, 0.3) is 10.9 Å². The van der Waals surface area contributed by atoms with Crippen LogP contribution in [0.4, 0.5) is 0 Å². The summed E-state index contributed by atoms with van der Waals surface area (Å²) in [6, 6.07) is 8.09. The zero-order valence-electron chi connectivity index (χ0n) is 10.8. The van der Waals surface area contributed by atoms with Crippen molar-refractivity contribution < 1.29 is 9.63 Å². The van der Waals surface area contributed by atoms with Crippen molar-refractivity contribution in [2.75, 3.05) is 0 Å². The van der Waals surface area contributed by atoms with Gasteiger partial charge in [-0.15, -0.1) is 0 Å². The van der Waals surface area contributed by atoms with E-state index in [0.717, 1.165) is 22.2 Å². The van der Waals surface area contributed by atoms with Crippen molar-refractivity contribution in [3.63, 3.8) is 0 Å². The Morgan fingerprint density at radius 1 is 1.39 bits per heavy atom. The van der Waals surface area contributed by atoms with Crippen LogP contribution in [0.15, 0.2) is 35.6 Å². The third-order valence-electron chi connectivity index (χ3n) is 2.83. The topological polar surface area (TPSA) is 43.6 Å². The highest BCUT2D eigenvalue weighted by atomic mass is 16.7. The number of aryl methyl sites for hydroxylation is 1. The Morgan fingerprint density at radius 3 is 2.78 bits per heavy atom. The van der Waals surface area contributed by atoms with E-state index in [1.54, 1.807) is 0 Å². The molecule has 0 N–H and O–H groups in total. The molecule has 18 heavy (non-hydrogen) atoms. The number of fused-ring (bicyclic) bond motifs is 1. The number of carbonyl (C=O) groups is 1. The molecule has 1 aromatic carbocycles. The molecule has 1 aromatic heterocycles. The fourth-order valence-corrected chi connectivity index (χ4v) is 2.00. The summed E-state index contributed by atoms with van der Waals surface area (Å²) in [5.74, 6) is -0.402. The van der Waals surface area contributed by atoms with Gasteiger partial charge in [0.2, 0.25) is 0 Å². The van der Waals surface area contributed by atoms with Gasteiger partial charge in [0, 0.05) is 36.6 Å². The summed E-state index contributed by atoms with van der Waals surface area (Å²) in [5, 5.41) is 5.05. The van der Waals surface area contributed by atoms with Gasteiger partial charge in [0.25, 0.3) is 0 Å². The van der Waals surface area contributed by atoms with Crippen LogP contribution in [0.1, 0.15) is 25.8 Å². The van der Waals surface area contributed by atoms with E-state index in [0.29, 0.717) is 6.42 Å². The molecular weight excluding hydrogens is 228 g/mol. The molecular formula is C14H16N2O2. The lowest BCUT2D eigenvalue weighted by atomic mass is 10.1. The molecule has 2 aromatic rings. The molecule has 4 heteroatoms. The molecule has 0 unspecified atom stereocenters. The molecule has 0 saturated carbocycles. The maximum absolute atomic E-state index is 10.8. The molecule has 0 atom stereocenters. The van der Waals surface area contributed by atoms with Gasteiger partial charge < -0.3 is 9.40 Å². The minimum absolute atomic E-state index is 0.402. The second-order valence-corrected chi connectivity index (χ2v) is 4.15. The number of hydrogen-bond acceptors (Lipinski definition) is 3. The highest BCUT2D eigenvalue weighted by Gasteiger charge is 2.11. The van der Waals surface area contributed by atoms with Gasteiger partial charge in [-0.05, 0) is 12.5 Å². The molecule has 0 aliphatic rings. The number of aromatic nitrogens is 1. The maximum Gasteiger partial charge on any atom is 0.331 e. The highest BCUT2D eigenvalue weighted by Crippen LogP contribution is 2.22. The summed E-state index contributed by atoms with van der Waals surface area (Å²) in [7, 11) is 1.99. The number of benzene rings is 1. The SMILES string of the molecule is CC/C(=N\OC(C)=O)c1cn(C)c2ccccc12. The summed E-state index contributed by atoms with van der Waals surface area (Å²) in [5.41, 5.74) is 2.93. The first-order valence-electron chi connectivity index (χ1n) is 5.92. The largest absolute Gasteiger partial charge is 0.350 e. The fraction of sp³-hybridized carbons (Fsp3) is 0.286. The molecule has 1 heterocycles. The third-order valence-corrected chi connectivity index (χ3v) is 2.83. The summed E-state index contributed by atoms with van der Waals surface area (Å²) in [4.78, 5) is 15.6. The van der Waals surface area contributed by atoms with Gasteiger partial charge in [-0.1, -0.05) is 30.3 Å². The molecule has 94 valence electrons. The molecule has 0 aliphatic carbocycles. The first-order chi connectivity index (χ1) is 8.63. The van der Waals surface area contributed by atoms with E-state index in [1.165, 1.54) is 6.92 Å². The Kier molecular flexibility index (Phi) is 3.46. The van der Waals surface area contributed by atoms with E-state index in [9.17, 15) is 4.79 Å². The first kappa shape index (κ1) is 12.4. The number of oxime groups is 1. The predicted octanol–water partition coefficient (Wildman–Crippen LogP) is 2.86. The van der Waals surface area contributed by atoms with E-state index in [2.05, 4.69) is 11.2 Å². The normalized spacial score (nSPS) is 11.8. The number of rotatable bonds is 3. The maximum atomic E-state index is 10.8. The molecule has 4 nitrogen and oxygen atoms in total. The van der Waals surface area contributed by atoms with Crippen LogP contribution in [-0.2, 0) is 16.7 Å². The fourth-order valence-electron chi connectivity index (χ4n) is 2.00. The monoisotopic (exact) mass is 244 g/mol. The van der Waals surface area contributed by atoms with Gasteiger partial charge in [-0.2, -0.15) is 0 Å². The van der Waals surface area contributed by atoms with E-state index in [-0.39, 0.29) is 0 Å². The van der Waals surface area contributed by atoms with E-state index in [4.69, 9.17) is 4.84 Å². The third kappa shape index (κ3) is 2.27. The van der Waals surface area contributed by atoms with Crippen LogP contribution in [0.5, 0.6) is 0 Å². The van der Waals surface area contributed by atoms with Gasteiger partial charge in [-0.3, -0.25) is 0 Å². The van der Waals surface area contributed by atoms with Crippen molar-refractivity contribution >= 4 is 22.6 Å². The minimum atomic E-state index is -0.402. The second kappa shape index (κ2) is 5.04. The van der Waals surface area contributed by atoms with Crippen LogP contribution in [0.3, 0.4) is 0 Å². The quantitative estimate of drug-likeness (QED) is 0.473. The molecule has 0 spiro atoms. The minimum Gasteiger partial charge on any atom is -0.350 e. The molecule has 0 aliphatic heterocycles. The molecule has 0 bridgehead atoms. The molecule has 0 amide bonds. The van der Waals surface area contributed by atoms with Crippen molar-refractivity contribution in [1.29, 1.82) is 0 Å². The number of hydrogen-bond donors (Lipinski definition) is 0. The first-order valence-corrected chi connectivity index (χ1v) is 5.92. The highest BCUT2D eigenvalue weighted by molar-refractivity contribution is 6.10. The molecule has 2 rings (SSSR count). The Labute approximate surface area is 106 Å². The predicted molar refractivity (Wildman–Crippen MR) is 71.5 cm³/mol. The van der Waals surface area contributed by atoms with Gasteiger partial charge in [-0.25, -0.2) is 4.79 Å². The summed E-state index contributed by atoms with van der Waals surface area (Å²) >= 11 is 0. The second-order valence-electron chi connectivity index (χ2n) is 4.15. The van der Waals surface area contributed by atoms with Crippen molar-refractivity contribution in [3.8, 4) is 0 Å². The van der Waals surface area contributed by atoms with Gasteiger partial charge in [0.15, 0.2) is 0 Å². The average molecular weight is 244 g/mol. The van der Waals surface area contributed by atoms with E-state index in [1.807, 2.05) is 42.9 Å². The summed E-state index contributed by atoms with van der Waals surface area (Å²) in [6.07, 6.45) is 2.72. The van der Waals surface area contributed by atoms with Crippen LogP contribution in [0.2, 0.25) is 0 Å². The van der Waals surface area contributed by atoms with Crippen LogP contribution < -0.4 is 0 Å². The lowest BCUT2D eigenvalue weighted by molar-refractivity contribution is -0.140. The van der Waals surface area contributed by atoms with Gasteiger partial charge >= 0.3 is 5.97 Å². The van der Waals surface area contributed by atoms with E-state index >= 15 is 0 Å².